The highest BCUT2D eigenvalue weighted by molar-refractivity contribution is 6.31. The van der Waals surface area contributed by atoms with Gasteiger partial charge in [-0.2, -0.15) is 18.2 Å². The van der Waals surface area contributed by atoms with Gasteiger partial charge in [0.1, 0.15) is 5.75 Å². The molecule has 0 radical (unpaired) electrons. The number of rotatable bonds is 4. The molecule has 6 nitrogen and oxygen atoms in total. The Bertz CT molecular complexity index is 1100. The van der Waals surface area contributed by atoms with Gasteiger partial charge in [-0.1, -0.05) is 28.9 Å². The lowest BCUT2D eigenvalue weighted by Gasteiger charge is -2.19. The molecule has 3 aromatic rings. The van der Waals surface area contributed by atoms with E-state index in [2.05, 4.69) is 10.1 Å². The van der Waals surface area contributed by atoms with Gasteiger partial charge in [0, 0.05) is 23.6 Å². The Morgan fingerprint density at radius 2 is 2.03 bits per heavy atom. The fourth-order valence-corrected chi connectivity index (χ4v) is 3.50. The van der Waals surface area contributed by atoms with Crippen LogP contribution >= 0.6 is 11.6 Å². The normalized spacial score (nSPS) is 16.9. The molecule has 0 N–H and O–H groups in total. The molecule has 1 saturated heterocycles. The van der Waals surface area contributed by atoms with E-state index in [9.17, 15) is 18.0 Å². The summed E-state index contributed by atoms with van der Waals surface area (Å²) in [5.74, 6) is 0.109. The summed E-state index contributed by atoms with van der Waals surface area (Å²) in [6.45, 7) is 0.250. The van der Waals surface area contributed by atoms with Gasteiger partial charge < -0.3 is 14.2 Å². The topological polar surface area (TPSA) is 68.5 Å². The Kier molecular flexibility index (Phi) is 5.15. The Balaban J connectivity index is 1.58. The first-order valence-electron chi connectivity index (χ1n) is 8.91. The monoisotopic (exact) mass is 437 g/mol. The van der Waals surface area contributed by atoms with E-state index in [1.807, 2.05) is 0 Å². The number of amides is 1. The lowest BCUT2D eigenvalue weighted by Crippen LogP contribution is -2.24. The van der Waals surface area contributed by atoms with Gasteiger partial charge in [-0.25, -0.2) is 0 Å². The van der Waals surface area contributed by atoms with Crippen molar-refractivity contribution in [2.45, 2.75) is 18.5 Å². The Morgan fingerprint density at radius 3 is 2.77 bits per heavy atom. The number of alkyl halides is 3. The van der Waals surface area contributed by atoms with Crippen LogP contribution in [0.1, 0.15) is 23.8 Å². The van der Waals surface area contributed by atoms with Crippen molar-refractivity contribution >= 4 is 23.2 Å². The van der Waals surface area contributed by atoms with Gasteiger partial charge in [0.25, 0.3) is 0 Å². The van der Waals surface area contributed by atoms with Crippen molar-refractivity contribution in [3.63, 3.8) is 0 Å². The first-order chi connectivity index (χ1) is 14.3. The Hall–Kier alpha value is -3.07. The number of hydrogen-bond donors (Lipinski definition) is 0. The molecule has 0 bridgehead atoms. The van der Waals surface area contributed by atoms with Crippen molar-refractivity contribution in [1.29, 1.82) is 0 Å². The van der Waals surface area contributed by atoms with Gasteiger partial charge in [0.05, 0.1) is 24.3 Å². The average Bonchev–Trinajstić information content (AvgIpc) is 3.34. The highest BCUT2D eigenvalue weighted by Gasteiger charge is 2.37. The summed E-state index contributed by atoms with van der Waals surface area (Å²) in [5, 5.41) is 4.25. The van der Waals surface area contributed by atoms with Gasteiger partial charge in [0.2, 0.25) is 17.6 Å². The molecule has 1 aliphatic heterocycles. The predicted octanol–water partition coefficient (Wildman–Crippen LogP) is 4.94. The molecule has 1 aromatic heterocycles. The van der Waals surface area contributed by atoms with Gasteiger partial charge in [-0.15, -0.1) is 0 Å². The second-order valence-corrected chi connectivity index (χ2v) is 7.19. The number of hydrogen-bond acceptors (Lipinski definition) is 5. The van der Waals surface area contributed by atoms with E-state index in [1.54, 1.807) is 18.2 Å². The van der Waals surface area contributed by atoms with Crippen LogP contribution in [0.25, 0.3) is 11.4 Å². The number of ether oxygens (including phenoxy) is 1. The summed E-state index contributed by atoms with van der Waals surface area (Å²) in [6, 6.07) is 9.61. The standard InChI is InChI=1S/C20H15ClF3N3O3/c1-29-16-6-5-14(21)9-15(16)27-10-12(8-17(27)28)19-25-18(26-30-19)11-3-2-4-13(7-11)20(22,23)24/h2-7,9,12H,8,10H2,1H3. The molecule has 2 aromatic carbocycles. The largest absolute Gasteiger partial charge is 0.495 e. The SMILES string of the molecule is COc1ccc(Cl)cc1N1CC(c2nc(-c3cccc(C(F)(F)F)c3)no2)CC1=O. The number of benzene rings is 2. The summed E-state index contributed by atoms with van der Waals surface area (Å²) in [4.78, 5) is 18.3. The third-order valence-corrected chi connectivity index (χ3v) is 5.03. The third-order valence-electron chi connectivity index (χ3n) is 4.80. The molecule has 0 saturated carbocycles. The maximum Gasteiger partial charge on any atom is 0.416 e. The second-order valence-electron chi connectivity index (χ2n) is 6.76. The van der Waals surface area contributed by atoms with Crippen LogP contribution in [0.15, 0.2) is 47.0 Å². The molecule has 0 spiro atoms. The van der Waals surface area contributed by atoms with Gasteiger partial charge in [-0.3, -0.25) is 4.79 Å². The van der Waals surface area contributed by atoms with Crippen molar-refractivity contribution in [2.75, 3.05) is 18.6 Å². The molecule has 4 rings (SSSR count). The molecule has 1 atom stereocenters. The zero-order chi connectivity index (χ0) is 21.5. The molecule has 0 aliphatic carbocycles. The average molecular weight is 438 g/mol. The highest BCUT2D eigenvalue weighted by atomic mass is 35.5. The zero-order valence-corrected chi connectivity index (χ0v) is 16.4. The molecule has 30 heavy (non-hydrogen) atoms. The van der Waals surface area contributed by atoms with E-state index in [1.165, 1.54) is 24.1 Å². The predicted molar refractivity (Wildman–Crippen MR) is 102 cm³/mol. The molecule has 1 fully saturated rings. The fourth-order valence-electron chi connectivity index (χ4n) is 3.33. The summed E-state index contributed by atoms with van der Waals surface area (Å²) >= 11 is 6.05. The summed E-state index contributed by atoms with van der Waals surface area (Å²) < 4.78 is 49.4. The molecule has 1 amide bonds. The third kappa shape index (κ3) is 3.85. The summed E-state index contributed by atoms with van der Waals surface area (Å²) in [7, 11) is 1.49. The molecule has 1 unspecified atom stereocenters. The minimum Gasteiger partial charge on any atom is -0.495 e. The fraction of sp³-hybridized carbons (Fsp3) is 0.250. The highest BCUT2D eigenvalue weighted by Crippen LogP contribution is 2.38. The molecule has 10 heteroatoms. The van der Waals surface area contributed by atoms with Crippen LogP contribution in [0.3, 0.4) is 0 Å². The number of halogens is 4. The maximum absolute atomic E-state index is 12.9. The molecular formula is C20H15ClF3N3O3. The van der Waals surface area contributed by atoms with Crippen molar-refractivity contribution in [2.24, 2.45) is 0 Å². The molecule has 2 heterocycles. The first kappa shape index (κ1) is 20.2. The van der Waals surface area contributed by atoms with Crippen molar-refractivity contribution in [1.82, 2.24) is 10.1 Å². The van der Waals surface area contributed by atoms with Crippen molar-refractivity contribution < 1.29 is 27.2 Å². The van der Waals surface area contributed by atoms with E-state index in [0.717, 1.165) is 12.1 Å². The van der Waals surface area contributed by atoms with Gasteiger partial charge in [0.15, 0.2) is 0 Å². The van der Waals surface area contributed by atoms with Crippen LogP contribution in [0.5, 0.6) is 5.75 Å². The van der Waals surface area contributed by atoms with E-state index in [4.69, 9.17) is 20.9 Å². The van der Waals surface area contributed by atoms with E-state index >= 15 is 0 Å². The molecule has 156 valence electrons. The van der Waals surface area contributed by atoms with Gasteiger partial charge in [-0.05, 0) is 30.3 Å². The quantitative estimate of drug-likeness (QED) is 0.578. The van der Waals surface area contributed by atoms with Crippen LogP contribution in [0, 0.1) is 0 Å². The van der Waals surface area contributed by atoms with Crippen LogP contribution in [0.4, 0.5) is 18.9 Å². The first-order valence-corrected chi connectivity index (χ1v) is 9.29. The summed E-state index contributed by atoms with van der Waals surface area (Å²) in [6.07, 6.45) is -4.36. The number of nitrogens with zero attached hydrogens (tertiary/aromatic N) is 3. The van der Waals surface area contributed by atoms with Crippen LogP contribution in [-0.2, 0) is 11.0 Å². The number of methoxy groups -OCH3 is 1. The van der Waals surface area contributed by atoms with Crippen LogP contribution in [0.2, 0.25) is 5.02 Å². The molecular weight excluding hydrogens is 423 g/mol. The summed E-state index contributed by atoms with van der Waals surface area (Å²) in [5.41, 5.74) is -0.103. The van der Waals surface area contributed by atoms with Crippen LogP contribution in [-0.4, -0.2) is 29.7 Å². The van der Waals surface area contributed by atoms with Crippen molar-refractivity contribution in [3.05, 3.63) is 58.9 Å². The zero-order valence-electron chi connectivity index (χ0n) is 15.6. The smallest absolute Gasteiger partial charge is 0.416 e. The van der Waals surface area contributed by atoms with E-state index < -0.39 is 17.7 Å². The van der Waals surface area contributed by atoms with Crippen molar-refractivity contribution in [3.8, 4) is 17.1 Å². The molecule has 1 aliphatic rings. The van der Waals surface area contributed by atoms with Crippen LogP contribution < -0.4 is 9.64 Å². The Labute approximate surface area is 174 Å². The Morgan fingerprint density at radius 1 is 1.23 bits per heavy atom. The van der Waals surface area contributed by atoms with Gasteiger partial charge >= 0.3 is 6.18 Å². The second kappa shape index (κ2) is 7.64. The number of anilines is 1. The number of carbonyl (C=O) groups is 1. The number of aromatic nitrogens is 2. The lowest BCUT2D eigenvalue weighted by atomic mass is 10.1. The van der Waals surface area contributed by atoms with E-state index in [-0.39, 0.29) is 36.2 Å². The minimum atomic E-state index is -4.48. The van der Waals surface area contributed by atoms with E-state index in [0.29, 0.717) is 16.5 Å². The minimum absolute atomic E-state index is 0.0299. The lowest BCUT2D eigenvalue weighted by molar-refractivity contribution is -0.137. The maximum atomic E-state index is 12.9. The number of carbonyl (C=O) groups excluding carboxylic acids is 1.